The Hall–Kier alpha value is -3.04. The predicted molar refractivity (Wildman–Crippen MR) is 119 cm³/mol. The lowest BCUT2D eigenvalue weighted by Crippen LogP contribution is -2.51. The molecule has 5 atom stereocenters. The molecule has 2 aliphatic carbocycles. The van der Waals surface area contributed by atoms with Crippen LogP contribution in [-0.2, 0) is 0 Å². The molecule has 2 fully saturated rings. The van der Waals surface area contributed by atoms with Gasteiger partial charge < -0.3 is 14.6 Å². The van der Waals surface area contributed by atoms with Crippen LogP contribution in [0.2, 0.25) is 5.31 Å². The van der Waals surface area contributed by atoms with Gasteiger partial charge in [0.2, 0.25) is 0 Å². The van der Waals surface area contributed by atoms with Gasteiger partial charge in [0.15, 0.2) is 11.6 Å². The Morgan fingerprint density at radius 3 is 2.72 bits per heavy atom. The van der Waals surface area contributed by atoms with E-state index in [0.29, 0.717) is 24.2 Å². The van der Waals surface area contributed by atoms with E-state index < -0.39 is 29.1 Å². The first kappa shape index (κ1) is 20.8. The molecule has 0 saturated heterocycles. The van der Waals surface area contributed by atoms with E-state index in [-0.39, 0.29) is 18.0 Å². The minimum Gasteiger partial charge on any atom is -0.507 e. The van der Waals surface area contributed by atoms with Crippen molar-refractivity contribution in [1.29, 1.82) is 0 Å². The van der Waals surface area contributed by atoms with Crippen molar-refractivity contribution in [2.45, 2.75) is 49.9 Å². The van der Waals surface area contributed by atoms with Gasteiger partial charge in [0.05, 0.1) is 36.0 Å². The van der Waals surface area contributed by atoms with Crippen LogP contribution in [0.15, 0.2) is 43.1 Å². The number of phenols is 1. The van der Waals surface area contributed by atoms with Gasteiger partial charge in [0, 0.05) is 30.9 Å². The van der Waals surface area contributed by atoms with Crippen LogP contribution in [0.5, 0.6) is 5.75 Å². The second-order valence-corrected chi connectivity index (χ2v) is 9.75. The Morgan fingerprint density at radius 2 is 2.06 bits per heavy atom. The number of benzene rings is 1. The first-order chi connectivity index (χ1) is 15.2. The van der Waals surface area contributed by atoms with Crippen molar-refractivity contribution in [1.82, 2.24) is 24.7 Å². The Labute approximate surface area is 185 Å². The zero-order valence-electron chi connectivity index (χ0n) is 18.3. The first-order valence-electron chi connectivity index (χ1n) is 10.7. The van der Waals surface area contributed by atoms with Crippen LogP contribution in [-0.4, -0.2) is 63.1 Å². The van der Waals surface area contributed by atoms with Gasteiger partial charge in [-0.2, -0.15) is 0 Å². The Kier molecular flexibility index (Phi) is 4.72. The summed E-state index contributed by atoms with van der Waals surface area (Å²) in [6.45, 7) is 1.85. The van der Waals surface area contributed by atoms with Gasteiger partial charge >= 0.3 is 0 Å². The lowest BCUT2D eigenvalue weighted by Gasteiger charge is -2.46. The van der Waals surface area contributed by atoms with Crippen LogP contribution in [0.4, 0.5) is 14.6 Å². The molecule has 10 heteroatoms. The van der Waals surface area contributed by atoms with Crippen LogP contribution in [0, 0.1) is 5.41 Å². The molecular weight excluding hydrogens is 413 g/mol. The summed E-state index contributed by atoms with van der Waals surface area (Å²) < 4.78 is 31.9. The summed E-state index contributed by atoms with van der Waals surface area (Å²) in [5.74, 6) is 0.696. The maximum Gasteiger partial charge on any atom is 0.185 e. The fourth-order valence-electron chi connectivity index (χ4n) is 5.56. The predicted octanol–water partition coefficient (Wildman–Crippen LogP) is 2.91. The number of hydrogen-bond donors (Lipinski definition) is 1. The van der Waals surface area contributed by atoms with Crippen LogP contribution >= 0.6 is 0 Å². The molecule has 1 N–H and O–H groups in total. The maximum absolute atomic E-state index is 15.4. The number of halogens is 2. The lowest BCUT2D eigenvalue weighted by molar-refractivity contribution is 0.0691. The topological polar surface area (TPSA) is 80.0 Å². The summed E-state index contributed by atoms with van der Waals surface area (Å²) in [5, 5.41) is 18.4. The highest BCUT2D eigenvalue weighted by atomic mass is 19.1. The van der Waals surface area contributed by atoms with Crippen molar-refractivity contribution in [3.05, 3.63) is 43.1 Å². The number of aromatic nitrogens is 5. The third-order valence-corrected chi connectivity index (χ3v) is 7.32. The number of alkyl halides is 2. The quantitative estimate of drug-likeness (QED) is 0.632. The normalized spacial score (nSPS) is 31.6. The summed E-state index contributed by atoms with van der Waals surface area (Å²) in [7, 11) is 3.67. The SMILES string of the molecule is B[C@]12C[C@@H](N(C)c3cnc(-c4ccc(-n5ccnc5)cc4O)nn3)[C@H](F)[C@](C)(C[C@H]1F)C2. The van der Waals surface area contributed by atoms with Gasteiger partial charge in [-0.3, -0.25) is 0 Å². The number of fused-ring (bicyclic) bond motifs is 2. The van der Waals surface area contributed by atoms with Crippen LogP contribution < -0.4 is 4.90 Å². The molecule has 2 bridgehead atoms. The zero-order valence-corrected chi connectivity index (χ0v) is 18.3. The smallest absolute Gasteiger partial charge is 0.185 e. The number of aromatic hydroxyl groups is 1. The first-order valence-corrected chi connectivity index (χ1v) is 10.7. The Morgan fingerprint density at radius 1 is 1.25 bits per heavy atom. The maximum atomic E-state index is 15.4. The van der Waals surface area contributed by atoms with Crippen LogP contribution in [0.25, 0.3) is 17.1 Å². The van der Waals surface area contributed by atoms with Gasteiger partial charge in [-0.05, 0) is 36.7 Å². The van der Waals surface area contributed by atoms with Gasteiger partial charge in [-0.15, -0.1) is 10.2 Å². The summed E-state index contributed by atoms with van der Waals surface area (Å²) >= 11 is 0. The van der Waals surface area contributed by atoms with Crippen LogP contribution in [0.3, 0.4) is 0 Å². The molecule has 2 aromatic heterocycles. The number of imidazole rings is 1. The summed E-state index contributed by atoms with van der Waals surface area (Å²) in [6.07, 6.45) is 5.66. The third-order valence-electron chi connectivity index (χ3n) is 7.32. The fraction of sp³-hybridized carbons (Fsp3) is 0.455. The van der Waals surface area contributed by atoms with Crippen molar-refractivity contribution in [2.24, 2.45) is 5.41 Å². The summed E-state index contributed by atoms with van der Waals surface area (Å²) in [5.41, 5.74) is 0.520. The van der Waals surface area contributed by atoms with Gasteiger partial charge in [-0.25, -0.2) is 18.7 Å². The molecule has 32 heavy (non-hydrogen) atoms. The molecule has 0 spiro atoms. The van der Waals surface area contributed by atoms with Gasteiger partial charge in [0.1, 0.15) is 19.8 Å². The number of rotatable bonds is 4. The standard InChI is InChI=1S/C22H25BF2N6O/c1-21-9-17(24)22(23,11-21)8-15(19(21)25)30(2)18-10-27-20(29-28-18)14-4-3-13(7-16(14)32)31-6-5-26-12-31/h3-7,10,12,15,17,19,32H,8-9,11,23H2,1-2H3/t15-,17-,19+,21-,22+/m1/s1. The summed E-state index contributed by atoms with van der Waals surface area (Å²) in [6, 6.07) is 4.63. The molecule has 166 valence electrons. The molecule has 2 heterocycles. The van der Waals surface area contributed by atoms with E-state index in [1.54, 1.807) is 47.4 Å². The highest BCUT2D eigenvalue weighted by Crippen LogP contribution is 2.63. The Bertz CT molecular complexity index is 1130. The van der Waals surface area contributed by atoms with E-state index >= 15 is 4.39 Å². The molecule has 7 nitrogen and oxygen atoms in total. The molecule has 5 rings (SSSR count). The Balaban J connectivity index is 1.38. The van der Waals surface area contributed by atoms with E-state index in [2.05, 4.69) is 20.2 Å². The number of hydrogen-bond acceptors (Lipinski definition) is 6. The number of phenolic OH excluding ortho intramolecular Hbond substituents is 1. The third kappa shape index (κ3) is 3.23. The highest BCUT2D eigenvalue weighted by molar-refractivity contribution is 6.16. The van der Waals surface area contributed by atoms with E-state index in [1.165, 1.54) is 6.20 Å². The second kappa shape index (κ2) is 7.25. The molecule has 3 aromatic rings. The number of anilines is 1. The highest BCUT2D eigenvalue weighted by Gasteiger charge is 2.61. The second-order valence-electron chi connectivity index (χ2n) is 9.75. The molecular formula is C22H25BF2N6O. The van der Waals surface area contributed by atoms with Gasteiger partial charge in [-0.1, -0.05) is 6.92 Å². The van der Waals surface area contributed by atoms with Crippen molar-refractivity contribution in [3.8, 4) is 22.8 Å². The zero-order chi connectivity index (χ0) is 22.7. The van der Waals surface area contributed by atoms with Crippen molar-refractivity contribution < 1.29 is 13.9 Å². The fourth-order valence-corrected chi connectivity index (χ4v) is 5.56. The van der Waals surface area contributed by atoms with E-state index in [1.807, 2.05) is 20.8 Å². The average molecular weight is 438 g/mol. The average Bonchev–Trinajstić information content (AvgIpc) is 3.37. The minimum atomic E-state index is -1.16. The van der Waals surface area contributed by atoms with Gasteiger partial charge in [0.25, 0.3) is 0 Å². The van der Waals surface area contributed by atoms with Crippen molar-refractivity contribution >= 4 is 13.7 Å². The number of nitrogens with zero attached hydrogens (tertiary/aromatic N) is 6. The molecule has 0 aliphatic heterocycles. The molecule has 0 unspecified atom stereocenters. The van der Waals surface area contributed by atoms with E-state index in [4.69, 9.17) is 0 Å². The van der Waals surface area contributed by atoms with Crippen LogP contribution in [0.1, 0.15) is 26.2 Å². The van der Waals surface area contributed by atoms with E-state index in [0.717, 1.165) is 5.69 Å². The largest absolute Gasteiger partial charge is 0.507 e. The summed E-state index contributed by atoms with van der Waals surface area (Å²) in [4.78, 5) is 10.1. The molecule has 2 saturated carbocycles. The molecule has 0 amide bonds. The van der Waals surface area contributed by atoms with Crippen molar-refractivity contribution in [2.75, 3.05) is 11.9 Å². The lowest BCUT2D eigenvalue weighted by atomic mass is 9.56. The monoisotopic (exact) mass is 438 g/mol. The minimum absolute atomic E-state index is 0.0154. The molecule has 2 aliphatic rings. The molecule has 1 aromatic carbocycles. The van der Waals surface area contributed by atoms with E-state index in [9.17, 15) is 9.50 Å². The molecule has 0 radical (unpaired) electrons. The van der Waals surface area contributed by atoms with Crippen molar-refractivity contribution in [3.63, 3.8) is 0 Å².